The Bertz CT molecular complexity index is 696. The Labute approximate surface area is 131 Å². The van der Waals surface area contributed by atoms with E-state index < -0.39 is 0 Å². The van der Waals surface area contributed by atoms with Gasteiger partial charge in [-0.2, -0.15) is 0 Å². The Morgan fingerprint density at radius 2 is 1.36 bits per heavy atom. The summed E-state index contributed by atoms with van der Waals surface area (Å²) in [5.74, 6) is 0.530. The van der Waals surface area contributed by atoms with Crippen molar-refractivity contribution in [3.63, 3.8) is 0 Å². The van der Waals surface area contributed by atoms with Gasteiger partial charge in [0, 0.05) is 12.1 Å². The Morgan fingerprint density at radius 3 is 1.86 bits per heavy atom. The van der Waals surface area contributed by atoms with Crippen molar-refractivity contribution in [3.05, 3.63) is 72.7 Å². The van der Waals surface area contributed by atoms with Crippen LogP contribution in [0.1, 0.15) is 18.4 Å². The van der Waals surface area contributed by atoms with Gasteiger partial charge >= 0.3 is 0 Å². The van der Waals surface area contributed by atoms with E-state index in [2.05, 4.69) is 60.8 Å². The van der Waals surface area contributed by atoms with Crippen LogP contribution in [0.5, 0.6) is 0 Å². The summed E-state index contributed by atoms with van der Waals surface area (Å²) in [6, 6.07) is 19.4. The molecule has 1 N–H and O–H groups in total. The lowest BCUT2D eigenvalue weighted by atomic mass is 9.96. The summed E-state index contributed by atoms with van der Waals surface area (Å²) >= 11 is 0. The molecule has 2 heteroatoms. The van der Waals surface area contributed by atoms with Gasteiger partial charge in [-0.1, -0.05) is 55.5 Å². The molecule has 0 aliphatic rings. The first kappa shape index (κ1) is 14.6. The molecule has 0 saturated heterocycles. The fourth-order valence-corrected chi connectivity index (χ4v) is 2.71. The first-order chi connectivity index (χ1) is 10.8. The fourth-order valence-electron chi connectivity index (χ4n) is 2.71. The highest BCUT2D eigenvalue weighted by Crippen LogP contribution is 2.26. The summed E-state index contributed by atoms with van der Waals surface area (Å²) in [7, 11) is 1.99. The standard InChI is InChI=1S/C20H21NO/c1-15(13-21-2)16-3-5-17(6-4-16)18-7-9-19(10-8-18)20-11-12-22-14-20/h3-12,14-15,21H,13H2,1-2H3. The SMILES string of the molecule is CNCC(C)c1ccc(-c2ccc(-c3ccoc3)cc2)cc1. The van der Waals surface area contributed by atoms with Crippen LogP contribution in [0.15, 0.2) is 71.5 Å². The van der Waals surface area contributed by atoms with Crippen LogP contribution in [0, 0.1) is 0 Å². The van der Waals surface area contributed by atoms with Gasteiger partial charge in [0.05, 0.1) is 12.5 Å². The number of hydrogen-bond acceptors (Lipinski definition) is 2. The average molecular weight is 291 g/mol. The first-order valence-corrected chi connectivity index (χ1v) is 7.65. The molecule has 0 saturated carbocycles. The number of hydrogen-bond donors (Lipinski definition) is 1. The van der Waals surface area contributed by atoms with Crippen LogP contribution >= 0.6 is 0 Å². The smallest absolute Gasteiger partial charge is 0.0980 e. The molecular weight excluding hydrogens is 270 g/mol. The number of benzene rings is 2. The Hall–Kier alpha value is -2.32. The van der Waals surface area contributed by atoms with E-state index in [1.807, 2.05) is 13.1 Å². The monoisotopic (exact) mass is 291 g/mol. The van der Waals surface area contributed by atoms with Crippen molar-refractivity contribution in [2.45, 2.75) is 12.8 Å². The van der Waals surface area contributed by atoms with Crippen molar-refractivity contribution >= 4 is 0 Å². The third-order valence-corrected chi connectivity index (χ3v) is 4.06. The highest BCUT2D eigenvalue weighted by atomic mass is 16.3. The molecule has 1 aromatic heterocycles. The van der Waals surface area contributed by atoms with Gasteiger partial charge in [0.2, 0.25) is 0 Å². The van der Waals surface area contributed by atoms with Crippen LogP contribution < -0.4 is 5.32 Å². The molecule has 0 aliphatic heterocycles. The van der Waals surface area contributed by atoms with Gasteiger partial charge in [0.25, 0.3) is 0 Å². The molecule has 3 rings (SSSR count). The zero-order valence-corrected chi connectivity index (χ0v) is 13.0. The topological polar surface area (TPSA) is 25.2 Å². The van der Waals surface area contributed by atoms with Crippen LogP contribution in [-0.2, 0) is 0 Å². The Kier molecular flexibility index (Phi) is 4.40. The van der Waals surface area contributed by atoms with Crippen molar-refractivity contribution in [1.82, 2.24) is 5.32 Å². The molecule has 1 heterocycles. The predicted octanol–water partition coefficient (Wildman–Crippen LogP) is 4.94. The van der Waals surface area contributed by atoms with Crippen molar-refractivity contribution in [2.75, 3.05) is 13.6 Å². The van der Waals surface area contributed by atoms with Gasteiger partial charge in [0.15, 0.2) is 0 Å². The number of furan rings is 1. The van der Waals surface area contributed by atoms with Crippen LogP contribution in [-0.4, -0.2) is 13.6 Å². The van der Waals surface area contributed by atoms with Crippen LogP contribution in [0.3, 0.4) is 0 Å². The van der Waals surface area contributed by atoms with Crippen LogP contribution in [0.4, 0.5) is 0 Å². The summed E-state index contributed by atoms with van der Waals surface area (Å²) in [5.41, 5.74) is 6.15. The molecule has 1 atom stereocenters. The van der Waals surface area contributed by atoms with E-state index in [4.69, 9.17) is 4.42 Å². The number of rotatable bonds is 5. The Balaban J connectivity index is 1.79. The van der Waals surface area contributed by atoms with E-state index in [1.165, 1.54) is 22.3 Å². The molecule has 0 amide bonds. The number of nitrogens with one attached hydrogen (secondary N) is 1. The summed E-state index contributed by atoms with van der Waals surface area (Å²) in [6.45, 7) is 3.24. The Morgan fingerprint density at radius 1 is 0.818 bits per heavy atom. The third kappa shape index (κ3) is 3.12. The number of likely N-dealkylation sites (N-methyl/N-ethyl adjacent to an activating group) is 1. The summed E-state index contributed by atoms with van der Waals surface area (Å²) in [6.07, 6.45) is 3.47. The van der Waals surface area contributed by atoms with Gasteiger partial charge in [-0.05, 0) is 41.3 Å². The molecule has 3 aromatic rings. The van der Waals surface area contributed by atoms with Gasteiger partial charge < -0.3 is 9.73 Å². The molecule has 0 radical (unpaired) electrons. The van der Waals surface area contributed by atoms with Crippen molar-refractivity contribution in [3.8, 4) is 22.3 Å². The largest absolute Gasteiger partial charge is 0.472 e. The van der Waals surface area contributed by atoms with Crippen LogP contribution in [0.25, 0.3) is 22.3 Å². The molecule has 22 heavy (non-hydrogen) atoms. The zero-order valence-electron chi connectivity index (χ0n) is 13.0. The zero-order chi connectivity index (χ0) is 15.4. The lowest BCUT2D eigenvalue weighted by Gasteiger charge is -2.12. The molecule has 0 aliphatic carbocycles. The van der Waals surface area contributed by atoms with Gasteiger partial charge in [-0.3, -0.25) is 0 Å². The maximum absolute atomic E-state index is 5.13. The fraction of sp³-hybridized carbons (Fsp3) is 0.200. The van der Waals surface area contributed by atoms with E-state index in [0.717, 1.165) is 12.1 Å². The van der Waals surface area contributed by atoms with Crippen molar-refractivity contribution < 1.29 is 4.42 Å². The highest BCUT2D eigenvalue weighted by Gasteiger charge is 2.05. The minimum Gasteiger partial charge on any atom is -0.472 e. The van der Waals surface area contributed by atoms with Crippen LogP contribution in [0.2, 0.25) is 0 Å². The highest BCUT2D eigenvalue weighted by molar-refractivity contribution is 5.70. The van der Waals surface area contributed by atoms with E-state index in [1.54, 1.807) is 12.5 Å². The van der Waals surface area contributed by atoms with E-state index in [-0.39, 0.29) is 0 Å². The molecule has 1 unspecified atom stereocenters. The van der Waals surface area contributed by atoms with Gasteiger partial charge in [0.1, 0.15) is 0 Å². The lowest BCUT2D eigenvalue weighted by Crippen LogP contribution is -2.14. The molecule has 0 bridgehead atoms. The molecular formula is C20H21NO. The quantitative estimate of drug-likeness (QED) is 0.720. The minimum absolute atomic E-state index is 0.530. The second kappa shape index (κ2) is 6.63. The molecule has 2 aromatic carbocycles. The van der Waals surface area contributed by atoms with E-state index >= 15 is 0 Å². The summed E-state index contributed by atoms with van der Waals surface area (Å²) in [5, 5.41) is 3.22. The summed E-state index contributed by atoms with van der Waals surface area (Å²) < 4.78 is 5.13. The van der Waals surface area contributed by atoms with E-state index in [0.29, 0.717) is 5.92 Å². The summed E-state index contributed by atoms with van der Waals surface area (Å²) in [4.78, 5) is 0. The first-order valence-electron chi connectivity index (χ1n) is 7.65. The second-order valence-corrected chi connectivity index (χ2v) is 5.67. The van der Waals surface area contributed by atoms with E-state index in [9.17, 15) is 0 Å². The average Bonchev–Trinajstić information content (AvgIpc) is 3.10. The molecule has 2 nitrogen and oxygen atoms in total. The predicted molar refractivity (Wildman–Crippen MR) is 91.9 cm³/mol. The molecule has 0 spiro atoms. The maximum atomic E-state index is 5.13. The molecule has 0 fully saturated rings. The van der Waals surface area contributed by atoms with Gasteiger partial charge in [-0.25, -0.2) is 0 Å². The maximum Gasteiger partial charge on any atom is 0.0980 e. The van der Waals surface area contributed by atoms with Gasteiger partial charge in [-0.15, -0.1) is 0 Å². The van der Waals surface area contributed by atoms with Crippen molar-refractivity contribution in [1.29, 1.82) is 0 Å². The third-order valence-electron chi connectivity index (χ3n) is 4.06. The minimum atomic E-state index is 0.530. The molecule has 112 valence electrons. The van der Waals surface area contributed by atoms with Crippen molar-refractivity contribution in [2.24, 2.45) is 0 Å². The normalized spacial score (nSPS) is 12.3. The second-order valence-electron chi connectivity index (χ2n) is 5.67. The lowest BCUT2D eigenvalue weighted by molar-refractivity contribution is 0.568.